The van der Waals surface area contributed by atoms with E-state index in [4.69, 9.17) is 5.26 Å². The summed E-state index contributed by atoms with van der Waals surface area (Å²) in [6.45, 7) is 2.05. The molecule has 17 heavy (non-hydrogen) atoms. The highest BCUT2D eigenvalue weighted by atomic mass is 19.1. The molecule has 0 spiro atoms. The largest absolute Gasteiger partial charge is 0.298 e. The maximum Gasteiger partial charge on any atom is 0.154 e. The normalized spacial score (nSPS) is 11.8. The highest BCUT2D eigenvalue weighted by molar-refractivity contribution is 5.88. The Hall–Kier alpha value is -1.69. The van der Waals surface area contributed by atoms with Crippen LogP contribution in [0.2, 0.25) is 0 Å². The second-order valence-corrected chi connectivity index (χ2v) is 4.04. The van der Waals surface area contributed by atoms with Crippen LogP contribution >= 0.6 is 0 Å². The summed E-state index contributed by atoms with van der Waals surface area (Å²) in [7, 11) is 0. The maximum absolute atomic E-state index is 13.0. The molecule has 0 bridgehead atoms. The number of unbranched alkanes of at least 4 members (excludes halogenated alkanes) is 2. The molecule has 2 nitrogen and oxygen atoms in total. The number of rotatable bonds is 6. The summed E-state index contributed by atoms with van der Waals surface area (Å²) in [4.78, 5) is 11.8. The van der Waals surface area contributed by atoms with Gasteiger partial charge in [0, 0.05) is 6.42 Å². The van der Waals surface area contributed by atoms with E-state index in [0.717, 1.165) is 19.3 Å². The molecule has 3 heteroatoms. The summed E-state index contributed by atoms with van der Waals surface area (Å²) in [6, 6.07) is 7.66. The first-order valence-electron chi connectivity index (χ1n) is 5.86. The Kier molecular flexibility index (Phi) is 5.35. The van der Waals surface area contributed by atoms with E-state index in [1.807, 2.05) is 6.07 Å². The molecule has 0 saturated carbocycles. The molecule has 0 amide bonds. The van der Waals surface area contributed by atoms with Crippen LogP contribution in [0.4, 0.5) is 4.39 Å². The lowest BCUT2D eigenvalue weighted by Crippen LogP contribution is -2.10. The third kappa shape index (κ3) is 3.99. The van der Waals surface area contributed by atoms with Crippen molar-refractivity contribution in [2.24, 2.45) is 0 Å². The third-order valence-corrected chi connectivity index (χ3v) is 2.66. The van der Waals surface area contributed by atoms with Gasteiger partial charge in [-0.3, -0.25) is 4.79 Å². The lowest BCUT2D eigenvalue weighted by molar-refractivity contribution is -0.119. The molecule has 1 atom stereocenters. The third-order valence-electron chi connectivity index (χ3n) is 2.66. The van der Waals surface area contributed by atoms with Gasteiger partial charge in [-0.15, -0.1) is 0 Å². The van der Waals surface area contributed by atoms with Gasteiger partial charge < -0.3 is 0 Å². The Morgan fingerprint density at radius 3 is 2.82 bits per heavy atom. The van der Waals surface area contributed by atoms with Gasteiger partial charge in [0.05, 0.1) is 6.07 Å². The Bertz CT molecular complexity index is 422. The van der Waals surface area contributed by atoms with E-state index in [0.29, 0.717) is 12.0 Å². The zero-order chi connectivity index (χ0) is 12.7. The lowest BCUT2D eigenvalue weighted by atomic mass is 9.93. The summed E-state index contributed by atoms with van der Waals surface area (Å²) in [6.07, 6.45) is 3.20. The molecule has 1 aromatic rings. The average Bonchev–Trinajstić information content (AvgIpc) is 2.30. The highest BCUT2D eigenvalue weighted by Gasteiger charge is 2.19. The number of benzene rings is 1. The van der Waals surface area contributed by atoms with E-state index in [-0.39, 0.29) is 5.78 Å². The van der Waals surface area contributed by atoms with Crippen molar-refractivity contribution in [3.63, 3.8) is 0 Å². The van der Waals surface area contributed by atoms with Crippen LogP contribution in [0, 0.1) is 17.1 Å². The van der Waals surface area contributed by atoms with Gasteiger partial charge in [0.2, 0.25) is 0 Å². The van der Waals surface area contributed by atoms with Crippen LogP contribution in [0.25, 0.3) is 0 Å². The van der Waals surface area contributed by atoms with Crippen molar-refractivity contribution in [2.45, 2.75) is 38.5 Å². The molecule has 1 rings (SSSR count). The maximum atomic E-state index is 13.0. The molecule has 0 fully saturated rings. The van der Waals surface area contributed by atoms with E-state index in [1.54, 1.807) is 6.07 Å². The Labute approximate surface area is 101 Å². The Morgan fingerprint density at radius 1 is 1.47 bits per heavy atom. The predicted molar refractivity (Wildman–Crippen MR) is 63.9 cm³/mol. The highest BCUT2D eigenvalue weighted by Crippen LogP contribution is 2.19. The average molecular weight is 233 g/mol. The molecule has 0 heterocycles. The van der Waals surface area contributed by atoms with Crippen LogP contribution < -0.4 is 0 Å². The van der Waals surface area contributed by atoms with Gasteiger partial charge in [-0.1, -0.05) is 31.9 Å². The number of Topliss-reactive ketones (excluding diaryl/α,β-unsaturated/α-hetero) is 1. The van der Waals surface area contributed by atoms with E-state index in [2.05, 4.69) is 6.92 Å². The fraction of sp³-hybridized carbons (Fsp3) is 0.429. The summed E-state index contributed by atoms with van der Waals surface area (Å²) in [5.74, 6) is -1.36. The van der Waals surface area contributed by atoms with Gasteiger partial charge in [0.1, 0.15) is 11.7 Å². The molecule has 0 aromatic heterocycles. The summed E-state index contributed by atoms with van der Waals surface area (Å²) in [5, 5.41) is 9.00. The molecular weight excluding hydrogens is 217 g/mol. The first kappa shape index (κ1) is 13.4. The monoisotopic (exact) mass is 233 g/mol. The van der Waals surface area contributed by atoms with Gasteiger partial charge in [-0.25, -0.2) is 4.39 Å². The standard InChI is InChI=1S/C14H16FNO/c1-2-3-4-8-14(17)13(10-16)11-6-5-7-12(15)9-11/h5-7,9,13H,2-4,8H2,1H3. The van der Waals surface area contributed by atoms with Gasteiger partial charge in [0.25, 0.3) is 0 Å². The van der Waals surface area contributed by atoms with Crippen LogP contribution in [0.5, 0.6) is 0 Å². The van der Waals surface area contributed by atoms with Crippen molar-refractivity contribution in [3.8, 4) is 6.07 Å². The molecule has 0 radical (unpaired) electrons. The number of halogens is 1. The van der Waals surface area contributed by atoms with Crippen LogP contribution in [-0.2, 0) is 4.79 Å². The Balaban J connectivity index is 2.72. The van der Waals surface area contributed by atoms with E-state index in [1.165, 1.54) is 18.2 Å². The summed E-state index contributed by atoms with van der Waals surface area (Å²) in [5.41, 5.74) is 0.453. The molecule has 90 valence electrons. The minimum absolute atomic E-state index is 0.119. The van der Waals surface area contributed by atoms with Crippen molar-refractivity contribution in [3.05, 3.63) is 35.6 Å². The smallest absolute Gasteiger partial charge is 0.154 e. The van der Waals surface area contributed by atoms with Gasteiger partial charge >= 0.3 is 0 Å². The quantitative estimate of drug-likeness (QED) is 0.704. The van der Waals surface area contributed by atoms with Crippen molar-refractivity contribution in [1.29, 1.82) is 5.26 Å². The van der Waals surface area contributed by atoms with E-state index < -0.39 is 11.7 Å². The second-order valence-electron chi connectivity index (χ2n) is 4.04. The minimum Gasteiger partial charge on any atom is -0.298 e. The van der Waals surface area contributed by atoms with Gasteiger partial charge in [-0.05, 0) is 24.1 Å². The zero-order valence-corrected chi connectivity index (χ0v) is 9.95. The van der Waals surface area contributed by atoms with Crippen LogP contribution in [-0.4, -0.2) is 5.78 Å². The van der Waals surface area contributed by atoms with Crippen molar-refractivity contribution in [2.75, 3.05) is 0 Å². The molecular formula is C14H16FNO. The number of ketones is 1. The first-order valence-corrected chi connectivity index (χ1v) is 5.86. The lowest BCUT2D eigenvalue weighted by Gasteiger charge is -2.08. The van der Waals surface area contributed by atoms with Gasteiger partial charge in [-0.2, -0.15) is 5.26 Å². The van der Waals surface area contributed by atoms with Crippen LogP contribution in [0.3, 0.4) is 0 Å². The van der Waals surface area contributed by atoms with Crippen LogP contribution in [0.1, 0.15) is 44.1 Å². The SMILES string of the molecule is CCCCCC(=O)C(C#N)c1cccc(F)c1. The second kappa shape index (κ2) is 6.80. The molecule has 1 aromatic carbocycles. The molecule has 0 aliphatic heterocycles. The van der Waals surface area contributed by atoms with E-state index in [9.17, 15) is 9.18 Å². The number of nitriles is 1. The van der Waals surface area contributed by atoms with Crippen molar-refractivity contribution < 1.29 is 9.18 Å². The molecule has 0 aliphatic rings. The molecule has 1 unspecified atom stereocenters. The molecule has 0 saturated heterocycles. The fourth-order valence-electron chi connectivity index (χ4n) is 1.71. The topological polar surface area (TPSA) is 40.9 Å². The van der Waals surface area contributed by atoms with Crippen LogP contribution in [0.15, 0.2) is 24.3 Å². The fourth-order valence-corrected chi connectivity index (χ4v) is 1.71. The number of nitrogens with zero attached hydrogens (tertiary/aromatic N) is 1. The summed E-state index contributed by atoms with van der Waals surface area (Å²) >= 11 is 0. The minimum atomic E-state index is -0.831. The van der Waals surface area contributed by atoms with Gasteiger partial charge in [0.15, 0.2) is 5.78 Å². The number of carbonyl (C=O) groups is 1. The number of hydrogen-bond donors (Lipinski definition) is 0. The van der Waals surface area contributed by atoms with Crippen molar-refractivity contribution >= 4 is 5.78 Å². The molecule has 0 aliphatic carbocycles. The number of carbonyl (C=O) groups excluding carboxylic acids is 1. The van der Waals surface area contributed by atoms with E-state index >= 15 is 0 Å². The Morgan fingerprint density at radius 2 is 2.24 bits per heavy atom. The number of hydrogen-bond acceptors (Lipinski definition) is 2. The first-order chi connectivity index (χ1) is 8.19. The molecule has 0 N–H and O–H groups in total. The zero-order valence-electron chi connectivity index (χ0n) is 9.95. The summed E-state index contributed by atoms with van der Waals surface area (Å²) < 4.78 is 13.0. The predicted octanol–water partition coefficient (Wildman–Crippen LogP) is 3.58. The van der Waals surface area contributed by atoms with Crippen molar-refractivity contribution in [1.82, 2.24) is 0 Å².